The number of nitrogens with one attached hydrogen (secondary N) is 1. The third kappa shape index (κ3) is 3.18. The van der Waals surface area contributed by atoms with Crippen LogP contribution in [0.1, 0.15) is 6.92 Å². The maximum absolute atomic E-state index is 8.82. The van der Waals surface area contributed by atoms with Crippen molar-refractivity contribution in [2.45, 2.75) is 6.92 Å². The molecule has 1 aliphatic rings. The molecule has 0 spiro atoms. The van der Waals surface area contributed by atoms with E-state index in [0.717, 1.165) is 32.7 Å². The van der Waals surface area contributed by atoms with Gasteiger partial charge in [-0.1, -0.05) is 6.92 Å². The van der Waals surface area contributed by atoms with E-state index in [4.69, 9.17) is 5.11 Å². The summed E-state index contributed by atoms with van der Waals surface area (Å²) in [6, 6.07) is 0. The first-order chi connectivity index (χ1) is 5.33. The van der Waals surface area contributed by atoms with Crippen LogP contribution in [-0.2, 0) is 0 Å². The highest BCUT2D eigenvalue weighted by Crippen LogP contribution is 1.99. The summed E-state index contributed by atoms with van der Waals surface area (Å²) in [5.41, 5.74) is 0. The second-order valence-corrected chi connectivity index (χ2v) is 3.34. The zero-order valence-corrected chi connectivity index (χ0v) is 7.21. The number of aliphatic hydroxyl groups is 1. The van der Waals surface area contributed by atoms with E-state index in [-0.39, 0.29) is 0 Å². The van der Waals surface area contributed by atoms with Crippen molar-refractivity contribution in [3.8, 4) is 0 Å². The van der Waals surface area contributed by atoms with Gasteiger partial charge in [0.15, 0.2) is 0 Å². The number of hydrogen-bond acceptors (Lipinski definition) is 3. The molecular weight excluding hydrogens is 140 g/mol. The molecule has 3 heteroatoms. The molecular formula is C8H18N2O. The maximum Gasteiger partial charge on any atom is 0.0468 e. The molecule has 0 radical (unpaired) electrons. The fraction of sp³-hybridized carbons (Fsp3) is 1.00. The Morgan fingerprint density at radius 2 is 2.09 bits per heavy atom. The molecule has 0 aliphatic carbocycles. The average molecular weight is 158 g/mol. The van der Waals surface area contributed by atoms with Crippen LogP contribution in [0.4, 0.5) is 0 Å². The van der Waals surface area contributed by atoms with E-state index < -0.39 is 0 Å². The number of nitrogens with zero attached hydrogens (tertiary/aromatic N) is 1. The minimum atomic E-state index is 0.309. The number of hydrogen-bond donors (Lipinski definition) is 2. The molecule has 1 fully saturated rings. The van der Waals surface area contributed by atoms with Crippen molar-refractivity contribution in [1.82, 2.24) is 10.2 Å². The van der Waals surface area contributed by atoms with Gasteiger partial charge in [0, 0.05) is 39.3 Å². The summed E-state index contributed by atoms with van der Waals surface area (Å²) in [6.07, 6.45) is 0. The van der Waals surface area contributed by atoms with E-state index in [1.807, 2.05) is 0 Å². The third-order valence-corrected chi connectivity index (χ3v) is 2.09. The van der Waals surface area contributed by atoms with Gasteiger partial charge in [0.2, 0.25) is 0 Å². The molecule has 1 atom stereocenters. The van der Waals surface area contributed by atoms with Gasteiger partial charge in [-0.3, -0.25) is 0 Å². The van der Waals surface area contributed by atoms with Crippen LogP contribution >= 0.6 is 0 Å². The van der Waals surface area contributed by atoms with Gasteiger partial charge in [-0.15, -0.1) is 0 Å². The molecule has 0 bridgehead atoms. The molecule has 0 amide bonds. The summed E-state index contributed by atoms with van der Waals surface area (Å²) < 4.78 is 0. The summed E-state index contributed by atoms with van der Waals surface area (Å²) in [5, 5.41) is 12.1. The quantitative estimate of drug-likeness (QED) is 0.582. The smallest absolute Gasteiger partial charge is 0.0468 e. The van der Waals surface area contributed by atoms with E-state index >= 15 is 0 Å². The minimum Gasteiger partial charge on any atom is -0.396 e. The van der Waals surface area contributed by atoms with Crippen molar-refractivity contribution < 1.29 is 5.11 Å². The van der Waals surface area contributed by atoms with Crippen molar-refractivity contribution in [2.75, 3.05) is 39.3 Å². The molecule has 2 N–H and O–H groups in total. The second kappa shape index (κ2) is 4.70. The Balaban J connectivity index is 2.13. The van der Waals surface area contributed by atoms with Crippen molar-refractivity contribution in [3.05, 3.63) is 0 Å². The zero-order valence-electron chi connectivity index (χ0n) is 7.21. The fourth-order valence-electron chi connectivity index (χ4n) is 1.39. The molecule has 1 rings (SSSR count). The molecule has 0 aromatic heterocycles. The predicted octanol–water partition coefficient (Wildman–Crippen LogP) is -0.480. The molecule has 3 nitrogen and oxygen atoms in total. The molecule has 0 aromatic rings. The second-order valence-electron chi connectivity index (χ2n) is 3.34. The lowest BCUT2D eigenvalue weighted by atomic mass is 10.2. The first kappa shape index (κ1) is 8.97. The molecule has 0 aromatic carbocycles. The summed E-state index contributed by atoms with van der Waals surface area (Å²) in [6.45, 7) is 7.88. The molecule has 1 saturated heterocycles. The first-order valence-corrected chi connectivity index (χ1v) is 4.37. The maximum atomic E-state index is 8.82. The van der Waals surface area contributed by atoms with Crippen molar-refractivity contribution >= 4 is 0 Å². The van der Waals surface area contributed by atoms with Crippen LogP contribution in [0.25, 0.3) is 0 Å². The zero-order chi connectivity index (χ0) is 8.10. The molecule has 0 saturated carbocycles. The minimum absolute atomic E-state index is 0.309. The van der Waals surface area contributed by atoms with Gasteiger partial charge in [0.1, 0.15) is 0 Å². The summed E-state index contributed by atoms with van der Waals surface area (Å²) in [5.74, 6) is 0.424. The van der Waals surface area contributed by atoms with Gasteiger partial charge in [-0.05, 0) is 5.92 Å². The fourth-order valence-corrected chi connectivity index (χ4v) is 1.39. The van der Waals surface area contributed by atoms with Crippen LogP contribution in [0.2, 0.25) is 0 Å². The largest absolute Gasteiger partial charge is 0.396 e. The molecule has 1 heterocycles. The lowest BCUT2D eigenvalue weighted by molar-refractivity contribution is 0.161. The molecule has 1 aliphatic heterocycles. The van der Waals surface area contributed by atoms with E-state index in [2.05, 4.69) is 17.1 Å². The van der Waals surface area contributed by atoms with E-state index in [1.54, 1.807) is 0 Å². The Bertz CT molecular complexity index is 102. The van der Waals surface area contributed by atoms with Crippen molar-refractivity contribution in [1.29, 1.82) is 0 Å². The topological polar surface area (TPSA) is 35.5 Å². The van der Waals surface area contributed by atoms with Crippen LogP contribution in [0.3, 0.4) is 0 Å². The van der Waals surface area contributed by atoms with E-state index in [0.29, 0.717) is 12.5 Å². The van der Waals surface area contributed by atoms with Crippen LogP contribution in [-0.4, -0.2) is 49.3 Å². The highest BCUT2D eigenvalue weighted by Gasteiger charge is 2.11. The van der Waals surface area contributed by atoms with Crippen LogP contribution in [0.5, 0.6) is 0 Å². The highest BCUT2D eigenvalue weighted by molar-refractivity contribution is 4.69. The average Bonchev–Trinajstić information content (AvgIpc) is 2.06. The monoisotopic (exact) mass is 158 g/mol. The van der Waals surface area contributed by atoms with Crippen LogP contribution < -0.4 is 5.32 Å². The van der Waals surface area contributed by atoms with Gasteiger partial charge < -0.3 is 15.3 Å². The summed E-state index contributed by atoms with van der Waals surface area (Å²) >= 11 is 0. The molecule has 66 valence electrons. The Hall–Kier alpha value is -0.120. The summed E-state index contributed by atoms with van der Waals surface area (Å²) in [4.78, 5) is 2.40. The van der Waals surface area contributed by atoms with Gasteiger partial charge >= 0.3 is 0 Å². The Labute approximate surface area is 68.4 Å². The van der Waals surface area contributed by atoms with Gasteiger partial charge in [0.25, 0.3) is 0 Å². The number of piperazine rings is 1. The van der Waals surface area contributed by atoms with Crippen LogP contribution in [0.15, 0.2) is 0 Å². The SMILES string of the molecule is C[C@@H](CO)CN1CCNCC1. The lowest BCUT2D eigenvalue weighted by Gasteiger charge is -2.28. The first-order valence-electron chi connectivity index (χ1n) is 4.37. The van der Waals surface area contributed by atoms with Crippen molar-refractivity contribution in [2.24, 2.45) is 5.92 Å². The van der Waals surface area contributed by atoms with Crippen LogP contribution in [0, 0.1) is 5.92 Å². The molecule has 0 unspecified atom stereocenters. The standard InChI is InChI=1S/C8H18N2O/c1-8(7-11)6-10-4-2-9-3-5-10/h8-9,11H,2-7H2,1H3/t8-/m1/s1. The lowest BCUT2D eigenvalue weighted by Crippen LogP contribution is -2.45. The van der Waals surface area contributed by atoms with E-state index in [1.165, 1.54) is 0 Å². The summed E-state index contributed by atoms with van der Waals surface area (Å²) in [7, 11) is 0. The number of aliphatic hydroxyl groups excluding tert-OH is 1. The third-order valence-electron chi connectivity index (χ3n) is 2.09. The van der Waals surface area contributed by atoms with Gasteiger partial charge in [-0.2, -0.15) is 0 Å². The van der Waals surface area contributed by atoms with Crippen molar-refractivity contribution in [3.63, 3.8) is 0 Å². The van der Waals surface area contributed by atoms with E-state index in [9.17, 15) is 0 Å². The molecule has 11 heavy (non-hydrogen) atoms. The van der Waals surface area contributed by atoms with Gasteiger partial charge in [0.05, 0.1) is 0 Å². The Kier molecular flexibility index (Phi) is 3.83. The van der Waals surface area contributed by atoms with Gasteiger partial charge in [-0.25, -0.2) is 0 Å². The normalized spacial score (nSPS) is 23.5. The Morgan fingerprint density at radius 1 is 1.45 bits per heavy atom. The predicted molar refractivity (Wildman–Crippen MR) is 45.6 cm³/mol. The Morgan fingerprint density at radius 3 is 2.64 bits per heavy atom. The highest BCUT2D eigenvalue weighted by atomic mass is 16.3. The number of rotatable bonds is 3.